The van der Waals surface area contributed by atoms with Gasteiger partial charge in [-0.05, 0) is 84.2 Å². The van der Waals surface area contributed by atoms with E-state index < -0.39 is 6.04 Å². The minimum Gasteiger partial charge on any atom is -0.456 e. The zero-order valence-corrected chi connectivity index (χ0v) is 23.8. The number of hydrogen-bond donors (Lipinski definition) is 0. The zero-order valence-electron chi connectivity index (χ0n) is 33.8. The van der Waals surface area contributed by atoms with Crippen molar-refractivity contribution in [3.05, 3.63) is 170 Å². The van der Waals surface area contributed by atoms with E-state index in [1.807, 2.05) is 36.4 Å². The molecule has 0 radical (unpaired) electrons. The summed E-state index contributed by atoms with van der Waals surface area (Å²) < 4.78 is 97.9. The lowest BCUT2D eigenvalue weighted by molar-refractivity contribution is 0.669. The zero-order chi connectivity index (χ0) is 38.4. The van der Waals surface area contributed by atoms with Gasteiger partial charge >= 0.3 is 0 Å². The fraction of sp³-hybridized carbons (Fsp3) is 0. The summed E-state index contributed by atoms with van der Waals surface area (Å²) in [6.07, 6.45) is 0. The molecule has 9 aromatic rings. The van der Waals surface area contributed by atoms with Crippen LogP contribution in [0.25, 0.3) is 88.0 Å². The van der Waals surface area contributed by atoms with E-state index >= 15 is 0 Å². The molecule has 0 saturated carbocycles. The van der Waals surface area contributed by atoms with Crippen LogP contribution < -0.4 is 0 Å². The van der Waals surface area contributed by atoms with E-state index in [4.69, 9.17) is 11.3 Å². The Morgan fingerprint density at radius 1 is 0.378 bits per heavy atom. The molecule has 0 bridgehead atoms. The van der Waals surface area contributed by atoms with Gasteiger partial charge in [0.1, 0.15) is 11.2 Å². The topological polar surface area (TPSA) is 13.1 Å². The van der Waals surface area contributed by atoms with Gasteiger partial charge in [0, 0.05) is 10.8 Å². The molecule has 8 aromatic carbocycles. The first-order chi connectivity index (χ1) is 26.5. The van der Waals surface area contributed by atoms with Gasteiger partial charge in [-0.1, -0.05) is 151 Å². The molecule has 0 unspecified atom stereocenters. The van der Waals surface area contributed by atoms with E-state index in [0.717, 1.165) is 0 Å². The Balaban J connectivity index is 1.45. The predicted molar refractivity (Wildman–Crippen MR) is 190 cm³/mol. The maximum atomic E-state index is 9.41. The van der Waals surface area contributed by atoms with Crippen LogP contribution in [0, 0.1) is 0 Å². The molecule has 1 nitrogen and oxygen atoms in total. The van der Waals surface area contributed by atoms with Gasteiger partial charge < -0.3 is 4.42 Å². The lowest BCUT2D eigenvalue weighted by Crippen LogP contribution is -1.91. The third-order valence-electron chi connectivity index (χ3n) is 8.25. The fourth-order valence-corrected chi connectivity index (χ4v) is 6.24. The van der Waals surface area contributed by atoms with Crippen LogP contribution in [-0.4, -0.2) is 0 Å². The molecule has 1 heteroatoms. The standard InChI is InChI=1S/C44H28O/c1-3-12-29(13-4-1)31-22-24-32(25-23-31)42-34-16-7-9-18-36(34)43(37-19-10-8-17-35(37)42)39-20-11-21-40-44(39)38-27-26-33(28-41(38)45-40)30-14-5-2-6-15-30/h1-28H/i11D,20D,21D,22D,23D,24D,25D,26D,27D,28D. The molecule has 9 rings (SSSR count). The molecule has 0 aliphatic rings. The van der Waals surface area contributed by atoms with Crippen molar-refractivity contribution >= 4 is 43.5 Å². The largest absolute Gasteiger partial charge is 0.456 e. The molecule has 210 valence electrons. The van der Waals surface area contributed by atoms with Crippen molar-refractivity contribution in [2.45, 2.75) is 0 Å². The number of furan rings is 1. The molecule has 0 aliphatic carbocycles. The van der Waals surface area contributed by atoms with Crippen molar-refractivity contribution in [2.75, 3.05) is 0 Å². The predicted octanol–water partition coefficient (Wildman–Crippen LogP) is 12.6. The second kappa shape index (κ2) is 10.4. The van der Waals surface area contributed by atoms with Crippen molar-refractivity contribution < 1.29 is 18.1 Å². The van der Waals surface area contributed by atoms with E-state index in [1.54, 1.807) is 72.8 Å². The summed E-state index contributed by atoms with van der Waals surface area (Å²) >= 11 is 0. The third-order valence-corrected chi connectivity index (χ3v) is 8.25. The van der Waals surface area contributed by atoms with Gasteiger partial charge in [0.25, 0.3) is 0 Å². The molecule has 0 saturated heterocycles. The molecule has 0 N–H and O–H groups in total. The molecule has 0 fully saturated rings. The fourth-order valence-electron chi connectivity index (χ4n) is 6.24. The Morgan fingerprint density at radius 3 is 1.51 bits per heavy atom. The van der Waals surface area contributed by atoms with Gasteiger partial charge in [0.2, 0.25) is 0 Å². The van der Waals surface area contributed by atoms with Crippen LogP contribution in [0.2, 0.25) is 0 Å². The van der Waals surface area contributed by atoms with Crippen LogP contribution in [0.1, 0.15) is 13.7 Å². The van der Waals surface area contributed by atoms with Gasteiger partial charge in [-0.3, -0.25) is 0 Å². The highest BCUT2D eigenvalue weighted by Gasteiger charge is 2.20. The monoisotopic (exact) mass is 582 g/mol. The molecular weight excluding hydrogens is 544 g/mol. The van der Waals surface area contributed by atoms with Gasteiger partial charge in [-0.15, -0.1) is 0 Å². The smallest absolute Gasteiger partial charge is 0.136 e. The van der Waals surface area contributed by atoms with Crippen LogP contribution in [0.5, 0.6) is 0 Å². The highest BCUT2D eigenvalue weighted by atomic mass is 16.3. The average Bonchev–Trinajstić information content (AvgIpc) is 3.61. The van der Waals surface area contributed by atoms with Crippen molar-refractivity contribution in [1.29, 1.82) is 0 Å². The van der Waals surface area contributed by atoms with Crippen molar-refractivity contribution in [3.8, 4) is 44.5 Å². The summed E-state index contributed by atoms with van der Waals surface area (Å²) in [5.74, 6) is 0. The Labute approximate surface area is 275 Å². The first-order valence-electron chi connectivity index (χ1n) is 19.6. The van der Waals surface area contributed by atoms with Gasteiger partial charge in [0.15, 0.2) is 0 Å². The van der Waals surface area contributed by atoms with Gasteiger partial charge in [-0.2, -0.15) is 0 Å². The van der Waals surface area contributed by atoms with E-state index in [1.165, 1.54) is 0 Å². The molecule has 0 spiro atoms. The van der Waals surface area contributed by atoms with Crippen LogP contribution in [0.4, 0.5) is 0 Å². The lowest BCUT2D eigenvalue weighted by atomic mass is 9.84. The molecule has 0 aliphatic heterocycles. The highest BCUT2D eigenvalue weighted by molar-refractivity contribution is 6.25. The maximum Gasteiger partial charge on any atom is 0.136 e. The minimum atomic E-state index is -0.415. The summed E-state index contributed by atoms with van der Waals surface area (Å²) in [7, 11) is 0. The van der Waals surface area contributed by atoms with E-state index in [0.29, 0.717) is 43.8 Å². The number of fused-ring (bicyclic) bond motifs is 5. The average molecular weight is 583 g/mol. The Morgan fingerprint density at radius 2 is 0.889 bits per heavy atom. The second-order valence-corrected chi connectivity index (χ2v) is 10.8. The van der Waals surface area contributed by atoms with Crippen molar-refractivity contribution in [1.82, 2.24) is 0 Å². The first-order valence-corrected chi connectivity index (χ1v) is 14.6. The quantitative estimate of drug-likeness (QED) is 0.188. The Hall–Kier alpha value is -5.92. The third kappa shape index (κ3) is 4.17. The van der Waals surface area contributed by atoms with Gasteiger partial charge in [-0.25, -0.2) is 0 Å². The van der Waals surface area contributed by atoms with Gasteiger partial charge in [0.05, 0.1) is 13.7 Å². The SMILES string of the molecule is [2H]c1c([2H])c(-c2c3ccccc3c(-c3c([2H])c([2H])c([2H])c4oc5c([2H])c(-c6ccccc6)c([2H])c([2H])c5c34)c3ccccc23)c([2H])c([2H])c1-c1ccccc1. The van der Waals surface area contributed by atoms with E-state index in [2.05, 4.69) is 0 Å². The Kier molecular flexibility index (Phi) is 4.01. The van der Waals surface area contributed by atoms with Crippen molar-refractivity contribution in [3.63, 3.8) is 0 Å². The molecule has 0 atom stereocenters. The van der Waals surface area contributed by atoms with Crippen LogP contribution in [0.3, 0.4) is 0 Å². The molecule has 0 amide bonds. The first kappa shape index (κ1) is 17.4. The van der Waals surface area contributed by atoms with Crippen molar-refractivity contribution in [2.24, 2.45) is 0 Å². The van der Waals surface area contributed by atoms with Crippen LogP contribution in [-0.2, 0) is 0 Å². The minimum absolute atomic E-state index is 0.0259. The summed E-state index contributed by atoms with van der Waals surface area (Å²) in [6, 6.07) is 29.8. The van der Waals surface area contributed by atoms with E-state index in [-0.39, 0.29) is 98.6 Å². The molecule has 45 heavy (non-hydrogen) atoms. The molecular formula is C44H28O. The molecule has 1 aromatic heterocycles. The normalized spacial score (nSPS) is 14.7. The molecule has 1 heterocycles. The summed E-state index contributed by atoms with van der Waals surface area (Å²) in [5, 5.41) is 2.51. The summed E-state index contributed by atoms with van der Waals surface area (Å²) in [5.41, 5.74) is 2.64. The summed E-state index contributed by atoms with van der Waals surface area (Å²) in [4.78, 5) is 0. The lowest BCUT2D eigenvalue weighted by Gasteiger charge is -2.18. The van der Waals surface area contributed by atoms with E-state index in [9.17, 15) is 6.85 Å². The van der Waals surface area contributed by atoms with Crippen LogP contribution >= 0.6 is 0 Å². The Bertz CT molecular complexity index is 3000. The number of benzene rings is 8. The number of rotatable bonds is 4. The maximum absolute atomic E-state index is 9.41. The number of hydrogen-bond acceptors (Lipinski definition) is 1. The summed E-state index contributed by atoms with van der Waals surface area (Å²) in [6.45, 7) is 0. The van der Waals surface area contributed by atoms with Crippen LogP contribution in [0.15, 0.2) is 174 Å². The highest BCUT2D eigenvalue weighted by Crippen LogP contribution is 2.47. The second-order valence-electron chi connectivity index (χ2n) is 10.8.